The number of carbonyl (C=O) groups is 2. The third-order valence-corrected chi connectivity index (χ3v) is 3.38. The van der Waals surface area contributed by atoms with Gasteiger partial charge < -0.3 is 14.8 Å². The van der Waals surface area contributed by atoms with Crippen molar-refractivity contribution in [3.05, 3.63) is 71.8 Å². The summed E-state index contributed by atoms with van der Waals surface area (Å²) >= 11 is 0. The summed E-state index contributed by atoms with van der Waals surface area (Å²) in [5.41, 5.74) is 1.59. The number of ether oxygens (including phenoxy) is 2. The molecule has 0 saturated heterocycles. The van der Waals surface area contributed by atoms with E-state index in [1.54, 1.807) is 49.4 Å². The van der Waals surface area contributed by atoms with Crippen LogP contribution in [0.1, 0.15) is 29.1 Å². The van der Waals surface area contributed by atoms with Crippen LogP contribution in [-0.2, 0) is 4.79 Å². The molecule has 1 N–H and O–H groups in total. The topological polar surface area (TPSA) is 64.6 Å². The number of para-hydroxylation sites is 1. The second-order valence-corrected chi connectivity index (χ2v) is 5.21. The van der Waals surface area contributed by atoms with Crippen LogP contribution < -0.4 is 14.8 Å². The summed E-state index contributed by atoms with van der Waals surface area (Å²) in [5, 5.41) is 2.78. The minimum atomic E-state index is -0.580. The zero-order valence-electron chi connectivity index (χ0n) is 12.5. The van der Waals surface area contributed by atoms with Gasteiger partial charge >= 0.3 is 5.97 Å². The molecule has 5 heteroatoms. The molecule has 5 nitrogen and oxygen atoms in total. The third-order valence-electron chi connectivity index (χ3n) is 3.38. The second kappa shape index (κ2) is 5.96. The van der Waals surface area contributed by atoms with Crippen molar-refractivity contribution in [1.82, 2.24) is 5.32 Å². The maximum absolute atomic E-state index is 12.1. The molecule has 1 aliphatic rings. The summed E-state index contributed by atoms with van der Waals surface area (Å²) in [4.78, 5) is 23.6. The van der Waals surface area contributed by atoms with Crippen molar-refractivity contribution in [3.8, 4) is 11.5 Å². The van der Waals surface area contributed by atoms with Crippen molar-refractivity contribution in [2.45, 2.75) is 13.2 Å². The second-order valence-electron chi connectivity index (χ2n) is 5.21. The van der Waals surface area contributed by atoms with E-state index in [1.807, 2.05) is 6.07 Å². The first-order chi connectivity index (χ1) is 11.0. The highest BCUT2D eigenvalue weighted by molar-refractivity contribution is 5.98. The van der Waals surface area contributed by atoms with Gasteiger partial charge in [-0.1, -0.05) is 18.7 Å². The zero-order chi connectivity index (χ0) is 16.4. The van der Waals surface area contributed by atoms with Crippen molar-refractivity contribution in [2.75, 3.05) is 0 Å². The van der Waals surface area contributed by atoms with Crippen LogP contribution >= 0.6 is 0 Å². The van der Waals surface area contributed by atoms with E-state index in [1.165, 1.54) is 0 Å². The van der Waals surface area contributed by atoms with Crippen molar-refractivity contribution < 1.29 is 19.1 Å². The van der Waals surface area contributed by atoms with Gasteiger partial charge in [0.15, 0.2) is 6.23 Å². The molecule has 116 valence electrons. The number of carbonyl (C=O) groups excluding carboxylic acids is 2. The lowest BCUT2D eigenvalue weighted by Gasteiger charge is -2.27. The van der Waals surface area contributed by atoms with Gasteiger partial charge in [0.05, 0.1) is 5.56 Å². The van der Waals surface area contributed by atoms with Gasteiger partial charge in [0.2, 0.25) is 0 Å². The minimum Gasteiger partial charge on any atom is -0.466 e. The van der Waals surface area contributed by atoms with Gasteiger partial charge in [-0.2, -0.15) is 0 Å². The number of rotatable bonds is 3. The van der Waals surface area contributed by atoms with E-state index in [0.29, 0.717) is 22.6 Å². The molecule has 23 heavy (non-hydrogen) atoms. The van der Waals surface area contributed by atoms with Crippen LogP contribution in [0.4, 0.5) is 0 Å². The highest BCUT2D eigenvalue weighted by Crippen LogP contribution is 2.29. The lowest BCUT2D eigenvalue weighted by Crippen LogP contribution is -2.36. The summed E-state index contributed by atoms with van der Waals surface area (Å²) in [6, 6.07) is 13.8. The Labute approximate surface area is 133 Å². The van der Waals surface area contributed by atoms with E-state index in [4.69, 9.17) is 9.47 Å². The summed E-state index contributed by atoms with van der Waals surface area (Å²) in [6.45, 7) is 5.11. The van der Waals surface area contributed by atoms with Gasteiger partial charge in [0.25, 0.3) is 5.91 Å². The molecule has 0 spiro atoms. The average molecular weight is 309 g/mol. The third kappa shape index (κ3) is 3.08. The smallest absolute Gasteiger partial charge is 0.338 e. The van der Waals surface area contributed by atoms with Crippen molar-refractivity contribution >= 4 is 11.9 Å². The first-order valence-electron chi connectivity index (χ1n) is 7.09. The fourth-order valence-electron chi connectivity index (χ4n) is 2.17. The summed E-state index contributed by atoms with van der Waals surface area (Å²) in [6.07, 6.45) is -0.580. The summed E-state index contributed by atoms with van der Waals surface area (Å²) in [7, 11) is 0. The molecule has 0 bridgehead atoms. The molecule has 0 radical (unpaired) electrons. The standard InChI is InChI=1S/C18H15NO4/c1-11(2)18(21)22-13-9-7-12(8-10-13)17-19-16(20)14-5-3-4-6-15(14)23-17/h3-10,17H,1H2,2H3,(H,19,20)/t17-/m0/s1. The van der Waals surface area contributed by atoms with Gasteiger partial charge in [-0.15, -0.1) is 0 Å². The van der Waals surface area contributed by atoms with Gasteiger partial charge in [0.1, 0.15) is 11.5 Å². The molecule has 0 saturated carbocycles. The summed E-state index contributed by atoms with van der Waals surface area (Å²) < 4.78 is 10.9. The highest BCUT2D eigenvalue weighted by atomic mass is 16.5. The fraction of sp³-hybridized carbons (Fsp3) is 0.111. The Morgan fingerprint density at radius 2 is 1.87 bits per heavy atom. The van der Waals surface area contributed by atoms with Crippen molar-refractivity contribution in [1.29, 1.82) is 0 Å². The predicted octanol–water partition coefficient (Wildman–Crippen LogP) is 2.99. The lowest BCUT2D eigenvalue weighted by molar-refractivity contribution is -0.130. The number of amides is 1. The Balaban J connectivity index is 1.77. The van der Waals surface area contributed by atoms with Crippen LogP contribution in [-0.4, -0.2) is 11.9 Å². The van der Waals surface area contributed by atoms with E-state index in [-0.39, 0.29) is 5.91 Å². The number of hydrogen-bond donors (Lipinski definition) is 1. The molecule has 1 atom stereocenters. The van der Waals surface area contributed by atoms with E-state index in [2.05, 4.69) is 11.9 Å². The first kappa shape index (κ1) is 14.8. The highest BCUT2D eigenvalue weighted by Gasteiger charge is 2.26. The van der Waals surface area contributed by atoms with Crippen LogP contribution in [0, 0.1) is 0 Å². The Morgan fingerprint density at radius 1 is 1.17 bits per heavy atom. The first-order valence-corrected chi connectivity index (χ1v) is 7.09. The normalized spacial score (nSPS) is 15.9. The molecular formula is C18H15NO4. The van der Waals surface area contributed by atoms with E-state index >= 15 is 0 Å². The number of nitrogens with one attached hydrogen (secondary N) is 1. The molecule has 1 amide bonds. The largest absolute Gasteiger partial charge is 0.466 e. The molecule has 0 aliphatic carbocycles. The van der Waals surface area contributed by atoms with Crippen molar-refractivity contribution in [2.24, 2.45) is 0 Å². The Hall–Kier alpha value is -3.08. The molecule has 0 aromatic heterocycles. The van der Waals surface area contributed by atoms with Gasteiger partial charge in [0, 0.05) is 11.1 Å². The monoisotopic (exact) mass is 309 g/mol. The van der Waals surface area contributed by atoms with Crippen LogP contribution in [0.15, 0.2) is 60.7 Å². The number of esters is 1. The van der Waals surface area contributed by atoms with Crippen LogP contribution in [0.5, 0.6) is 11.5 Å². The molecular weight excluding hydrogens is 294 g/mol. The van der Waals surface area contributed by atoms with Crippen LogP contribution in [0.2, 0.25) is 0 Å². The zero-order valence-corrected chi connectivity index (χ0v) is 12.5. The van der Waals surface area contributed by atoms with Gasteiger partial charge in [-0.25, -0.2) is 4.79 Å². The van der Waals surface area contributed by atoms with Crippen LogP contribution in [0.25, 0.3) is 0 Å². The molecule has 2 aromatic carbocycles. The van der Waals surface area contributed by atoms with E-state index < -0.39 is 12.2 Å². The lowest BCUT2D eigenvalue weighted by atomic mass is 10.1. The molecule has 0 fully saturated rings. The molecule has 1 aliphatic heterocycles. The predicted molar refractivity (Wildman–Crippen MR) is 84.2 cm³/mol. The fourth-order valence-corrected chi connectivity index (χ4v) is 2.17. The molecule has 0 unspecified atom stereocenters. The molecule has 2 aromatic rings. The molecule has 1 heterocycles. The minimum absolute atomic E-state index is 0.186. The Kier molecular flexibility index (Phi) is 3.85. The number of hydrogen-bond acceptors (Lipinski definition) is 4. The van der Waals surface area contributed by atoms with Crippen LogP contribution in [0.3, 0.4) is 0 Å². The SMILES string of the molecule is C=C(C)C(=O)Oc1ccc([C@H]2NC(=O)c3ccccc3O2)cc1. The average Bonchev–Trinajstić information content (AvgIpc) is 2.55. The summed E-state index contributed by atoms with van der Waals surface area (Å²) in [5.74, 6) is 0.284. The molecule has 3 rings (SSSR count). The Morgan fingerprint density at radius 3 is 2.57 bits per heavy atom. The number of benzene rings is 2. The maximum atomic E-state index is 12.1. The Bertz CT molecular complexity index is 780. The van der Waals surface area contributed by atoms with Gasteiger partial charge in [-0.3, -0.25) is 4.79 Å². The van der Waals surface area contributed by atoms with E-state index in [9.17, 15) is 9.59 Å². The van der Waals surface area contributed by atoms with Gasteiger partial charge in [-0.05, 0) is 43.3 Å². The maximum Gasteiger partial charge on any atom is 0.338 e. The quantitative estimate of drug-likeness (QED) is 0.538. The van der Waals surface area contributed by atoms with Crippen molar-refractivity contribution in [3.63, 3.8) is 0 Å². The number of fused-ring (bicyclic) bond motifs is 1. The van der Waals surface area contributed by atoms with E-state index in [0.717, 1.165) is 5.56 Å².